The van der Waals surface area contributed by atoms with E-state index in [0.717, 1.165) is 11.1 Å². The molecule has 6 heteroatoms. The minimum absolute atomic E-state index is 0.159. The first-order valence-electron chi connectivity index (χ1n) is 7.87. The van der Waals surface area contributed by atoms with Crippen molar-refractivity contribution >= 4 is 23.3 Å². The molecule has 2 aromatic carbocycles. The van der Waals surface area contributed by atoms with Crippen LogP contribution >= 0.6 is 11.6 Å². The van der Waals surface area contributed by atoms with Crippen molar-refractivity contribution in [1.29, 1.82) is 0 Å². The summed E-state index contributed by atoms with van der Waals surface area (Å²) in [5.41, 5.74) is 1.69. The van der Waals surface area contributed by atoms with Gasteiger partial charge in [0.2, 0.25) is 5.91 Å². The first-order valence-corrected chi connectivity index (χ1v) is 8.25. The lowest BCUT2D eigenvalue weighted by Crippen LogP contribution is -2.31. The summed E-state index contributed by atoms with van der Waals surface area (Å²) in [6, 6.07) is 16.5. The van der Waals surface area contributed by atoms with Crippen molar-refractivity contribution in [3.8, 4) is 11.4 Å². The standard InChI is InChI=1S/C19H14ClN3O2/c20-14-9-5-4-8-12(14)13-10-15(24)21-18-16(13)19(25)23-17(22-18)11-6-2-1-3-7-11/h1-9,13H,10H2,(H2,21,22,23,24,25)/t13-/m1/s1. The van der Waals surface area contributed by atoms with Crippen molar-refractivity contribution < 1.29 is 4.79 Å². The van der Waals surface area contributed by atoms with Gasteiger partial charge in [-0.1, -0.05) is 60.1 Å². The molecule has 25 heavy (non-hydrogen) atoms. The molecule has 0 saturated carbocycles. The molecule has 0 fully saturated rings. The van der Waals surface area contributed by atoms with Crippen molar-refractivity contribution in [2.75, 3.05) is 5.32 Å². The second-order valence-electron chi connectivity index (χ2n) is 5.87. The molecule has 1 atom stereocenters. The summed E-state index contributed by atoms with van der Waals surface area (Å²) >= 11 is 6.29. The summed E-state index contributed by atoms with van der Waals surface area (Å²) < 4.78 is 0. The fourth-order valence-corrected chi connectivity index (χ4v) is 3.39. The lowest BCUT2D eigenvalue weighted by Gasteiger charge is -2.25. The van der Waals surface area contributed by atoms with Crippen LogP contribution in [0.3, 0.4) is 0 Å². The molecule has 2 N–H and O–H groups in total. The summed E-state index contributed by atoms with van der Waals surface area (Å²) in [4.78, 5) is 32.2. The van der Waals surface area contributed by atoms with Crippen LogP contribution in [-0.2, 0) is 4.79 Å². The number of carbonyl (C=O) groups excluding carboxylic acids is 1. The molecule has 0 radical (unpaired) electrons. The molecule has 124 valence electrons. The average molecular weight is 352 g/mol. The number of carbonyl (C=O) groups is 1. The molecule has 0 aliphatic carbocycles. The number of H-pyrrole nitrogens is 1. The maximum absolute atomic E-state index is 12.8. The van der Waals surface area contributed by atoms with E-state index in [9.17, 15) is 9.59 Å². The molecule has 0 saturated heterocycles. The molecule has 0 unspecified atom stereocenters. The van der Waals surface area contributed by atoms with Gasteiger partial charge >= 0.3 is 0 Å². The number of aromatic nitrogens is 2. The van der Waals surface area contributed by atoms with Crippen LogP contribution in [0.1, 0.15) is 23.5 Å². The highest BCUT2D eigenvalue weighted by atomic mass is 35.5. The van der Waals surface area contributed by atoms with Gasteiger partial charge in [0.25, 0.3) is 5.56 Å². The number of halogens is 1. The number of hydrogen-bond acceptors (Lipinski definition) is 3. The Kier molecular flexibility index (Phi) is 3.86. The highest BCUT2D eigenvalue weighted by Gasteiger charge is 2.32. The van der Waals surface area contributed by atoms with Crippen molar-refractivity contribution in [3.63, 3.8) is 0 Å². The number of fused-ring (bicyclic) bond motifs is 1. The second-order valence-corrected chi connectivity index (χ2v) is 6.28. The molecule has 0 bridgehead atoms. The van der Waals surface area contributed by atoms with Crippen LogP contribution in [-0.4, -0.2) is 15.9 Å². The van der Waals surface area contributed by atoms with Gasteiger partial charge in [-0.3, -0.25) is 9.59 Å². The van der Waals surface area contributed by atoms with Crippen LogP contribution in [0.4, 0.5) is 5.82 Å². The van der Waals surface area contributed by atoms with Gasteiger partial charge in [-0.2, -0.15) is 0 Å². The van der Waals surface area contributed by atoms with E-state index in [1.165, 1.54) is 0 Å². The molecule has 4 rings (SSSR count). The third-order valence-corrected chi connectivity index (χ3v) is 4.62. The van der Waals surface area contributed by atoms with Gasteiger partial charge in [0.1, 0.15) is 11.6 Å². The van der Waals surface area contributed by atoms with Gasteiger partial charge in [-0.05, 0) is 11.6 Å². The first kappa shape index (κ1) is 15.6. The van der Waals surface area contributed by atoms with Gasteiger partial charge in [-0.25, -0.2) is 4.98 Å². The Morgan fingerprint density at radius 3 is 2.48 bits per heavy atom. The van der Waals surface area contributed by atoms with Gasteiger partial charge in [0, 0.05) is 22.9 Å². The highest BCUT2D eigenvalue weighted by molar-refractivity contribution is 6.31. The Labute approximate surface area is 148 Å². The van der Waals surface area contributed by atoms with Crippen LogP contribution in [0.2, 0.25) is 5.02 Å². The molecule has 5 nitrogen and oxygen atoms in total. The Balaban J connectivity index is 1.89. The molecule has 1 aromatic heterocycles. The first-order chi connectivity index (χ1) is 12.1. The summed E-state index contributed by atoms with van der Waals surface area (Å²) in [7, 11) is 0. The van der Waals surface area contributed by atoms with E-state index in [1.807, 2.05) is 48.5 Å². The summed E-state index contributed by atoms with van der Waals surface area (Å²) in [6.07, 6.45) is 0.159. The normalized spacial score (nSPS) is 16.2. The Morgan fingerprint density at radius 1 is 1.00 bits per heavy atom. The minimum Gasteiger partial charge on any atom is -0.310 e. The van der Waals surface area contributed by atoms with E-state index in [2.05, 4.69) is 15.3 Å². The number of amides is 1. The fraction of sp³-hybridized carbons (Fsp3) is 0.105. The second kappa shape index (κ2) is 6.18. The van der Waals surface area contributed by atoms with Crippen molar-refractivity contribution in [3.05, 3.63) is 81.1 Å². The summed E-state index contributed by atoms with van der Waals surface area (Å²) in [6.45, 7) is 0. The topological polar surface area (TPSA) is 74.8 Å². The van der Waals surface area contributed by atoms with Gasteiger partial charge in [-0.15, -0.1) is 0 Å². The van der Waals surface area contributed by atoms with Crippen LogP contribution < -0.4 is 10.9 Å². The van der Waals surface area contributed by atoms with E-state index in [0.29, 0.717) is 22.2 Å². The molecule has 2 heterocycles. The van der Waals surface area contributed by atoms with Crippen molar-refractivity contribution in [2.45, 2.75) is 12.3 Å². The van der Waals surface area contributed by atoms with E-state index in [-0.39, 0.29) is 17.9 Å². The predicted molar refractivity (Wildman–Crippen MR) is 96.8 cm³/mol. The van der Waals surface area contributed by atoms with Crippen LogP contribution in [0.25, 0.3) is 11.4 Å². The Bertz CT molecular complexity index is 1010. The van der Waals surface area contributed by atoms with Gasteiger partial charge in [0.05, 0.1) is 5.56 Å². The van der Waals surface area contributed by atoms with Crippen LogP contribution in [0.5, 0.6) is 0 Å². The molecule has 0 spiro atoms. The molecule has 1 amide bonds. The molecule has 1 aliphatic heterocycles. The zero-order chi connectivity index (χ0) is 17.4. The highest BCUT2D eigenvalue weighted by Crippen LogP contribution is 2.37. The van der Waals surface area contributed by atoms with Crippen LogP contribution in [0.15, 0.2) is 59.4 Å². The smallest absolute Gasteiger partial charge is 0.257 e. The number of nitrogens with zero attached hydrogens (tertiary/aromatic N) is 1. The third-order valence-electron chi connectivity index (χ3n) is 4.28. The number of rotatable bonds is 2. The van der Waals surface area contributed by atoms with Gasteiger partial charge in [0.15, 0.2) is 0 Å². The molecule has 3 aromatic rings. The zero-order valence-corrected chi connectivity index (χ0v) is 13.9. The SMILES string of the molecule is O=C1C[C@H](c2ccccc2Cl)c2c(nc(-c3ccccc3)[nH]c2=O)N1. The molecule has 1 aliphatic rings. The van der Waals surface area contributed by atoms with E-state index in [1.54, 1.807) is 6.07 Å². The molecular formula is C19H14ClN3O2. The summed E-state index contributed by atoms with van der Waals surface area (Å²) in [5.74, 6) is 0.112. The Hall–Kier alpha value is -2.92. The zero-order valence-electron chi connectivity index (χ0n) is 13.1. The fourth-order valence-electron chi connectivity index (χ4n) is 3.13. The maximum atomic E-state index is 12.8. The van der Waals surface area contributed by atoms with Gasteiger partial charge < -0.3 is 10.3 Å². The van der Waals surface area contributed by atoms with E-state index < -0.39 is 5.92 Å². The largest absolute Gasteiger partial charge is 0.310 e. The number of nitrogens with one attached hydrogen (secondary N) is 2. The monoisotopic (exact) mass is 351 g/mol. The predicted octanol–water partition coefficient (Wildman–Crippen LogP) is 3.56. The average Bonchev–Trinajstić information content (AvgIpc) is 2.62. The quantitative estimate of drug-likeness (QED) is 0.741. The third kappa shape index (κ3) is 2.83. The molecular weight excluding hydrogens is 338 g/mol. The Morgan fingerprint density at radius 2 is 1.72 bits per heavy atom. The van der Waals surface area contributed by atoms with E-state index in [4.69, 9.17) is 11.6 Å². The van der Waals surface area contributed by atoms with Crippen molar-refractivity contribution in [1.82, 2.24) is 9.97 Å². The van der Waals surface area contributed by atoms with Crippen molar-refractivity contribution in [2.24, 2.45) is 0 Å². The minimum atomic E-state index is -0.418. The number of anilines is 1. The van der Waals surface area contributed by atoms with Crippen LogP contribution in [0, 0.1) is 0 Å². The number of benzene rings is 2. The lowest BCUT2D eigenvalue weighted by atomic mass is 9.87. The summed E-state index contributed by atoms with van der Waals surface area (Å²) in [5, 5.41) is 3.24. The number of hydrogen-bond donors (Lipinski definition) is 2. The number of aromatic amines is 1. The maximum Gasteiger partial charge on any atom is 0.257 e. The lowest BCUT2D eigenvalue weighted by molar-refractivity contribution is -0.116. The van der Waals surface area contributed by atoms with E-state index >= 15 is 0 Å².